The van der Waals surface area contributed by atoms with Crippen molar-refractivity contribution in [2.24, 2.45) is 0 Å². The quantitative estimate of drug-likeness (QED) is 0.532. The molecule has 0 saturated heterocycles. The van der Waals surface area contributed by atoms with E-state index in [1.54, 1.807) is 26.2 Å². The Morgan fingerprint density at radius 3 is 2.43 bits per heavy atom. The Morgan fingerprint density at radius 1 is 0.971 bits per heavy atom. The fourth-order valence-corrected chi connectivity index (χ4v) is 4.34. The number of rotatable bonds is 8. The van der Waals surface area contributed by atoms with Gasteiger partial charge in [0, 0.05) is 32.1 Å². The molecule has 8 nitrogen and oxygen atoms in total. The van der Waals surface area contributed by atoms with E-state index in [0.717, 1.165) is 21.9 Å². The molecule has 1 aliphatic rings. The molecule has 0 aromatic heterocycles. The average Bonchev–Trinajstić information content (AvgIpc) is 2.89. The van der Waals surface area contributed by atoms with Crippen LogP contribution in [0.5, 0.6) is 11.5 Å². The van der Waals surface area contributed by atoms with E-state index >= 15 is 0 Å². The van der Waals surface area contributed by atoms with Gasteiger partial charge in [-0.05, 0) is 41.1 Å². The van der Waals surface area contributed by atoms with E-state index in [-0.39, 0.29) is 18.5 Å². The van der Waals surface area contributed by atoms with Gasteiger partial charge in [-0.3, -0.25) is 4.79 Å². The topological polar surface area (TPSA) is 80.3 Å². The van der Waals surface area contributed by atoms with Crippen LogP contribution in [-0.4, -0.2) is 69.3 Å². The molecule has 1 N–H and O–H groups in total. The first kappa shape index (κ1) is 24.3. The molecular formula is C27H31N3O5. The maximum Gasteiger partial charge on any atom is 0.322 e. The minimum atomic E-state index is -0.337. The molecule has 3 amide bonds. The number of ether oxygens (including phenoxy) is 3. The molecule has 0 bridgehead atoms. The second-order valence-corrected chi connectivity index (χ2v) is 8.41. The lowest BCUT2D eigenvalue weighted by molar-refractivity contribution is -0.132. The molecule has 4 rings (SSSR count). The van der Waals surface area contributed by atoms with Crippen LogP contribution in [0.25, 0.3) is 10.8 Å². The molecule has 0 unspecified atom stereocenters. The fourth-order valence-electron chi connectivity index (χ4n) is 4.34. The largest absolute Gasteiger partial charge is 0.493 e. The SMILES string of the molecule is COCCN(CC(=O)N1CCc2cc(OC)c(OC)cc2C1)C(=O)Nc1cccc2ccccc12. The number of anilines is 1. The summed E-state index contributed by atoms with van der Waals surface area (Å²) < 4.78 is 16.0. The molecule has 0 atom stereocenters. The smallest absolute Gasteiger partial charge is 0.322 e. The number of urea groups is 1. The second-order valence-electron chi connectivity index (χ2n) is 8.41. The zero-order valence-corrected chi connectivity index (χ0v) is 20.4. The number of hydrogen-bond acceptors (Lipinski definition) is 5. The number of carbonyl (C=O) groups is 2. The highest BCUT2D eigenvalue weighted by molar-refractivity contribution is 6.02. The van der Waals surface area contributed by atoms with Gasteiger partial charge in [0.25, 0.3) is 0 Å². The van der Waals surface area contributed by atoms with Gasteiger partial charge in [-0.2, -0.15) is 0 Å². The molecule has 8 heteroatoms. The average molecular weight is 478 g/mol. The molecule has 1 heterocycles. The molecule has 3 aromatic rings. The first-order valence-corrected chi connectivity index (χ1v) is 11.6. The Balaban J connectivity index is 1.47. The van der Waals surface area contributed by atoms with E-state index in [4.69, 9.17) is 14.2 Å². The van der Waals surface area contributed by atoms with Crippen molar-refractivity contribution in [1.29, 1.82) is 0 Å². The summed E-state index contributed by atoms with van der Waals surface area (Å²) in [6.07, 6.45) is 0.710. The molecule has 184 valence electrons. The number of hydrogen-bond donors (Lipinski definition) is 1. The fraction of sp³-hybridized carbons (Fsp3) is 0.333. The van der Waals surface area contributed by atoms with Crippen molar-refractivity contribution in [2.45, 2.75) is 13.0 Å². The van der Waals surface area contributed by atoms with Crippen LogP contribution in [0, 0.1) is 0 Å². The summed E-state index contributed by atoms with van der Waals surface area (Å²) in [4.78, 5) is 29.7. The van der Waals surface area contributed by atoms with E-state index in [1.807, 2.05) is 54.6 Å². The van der Waals surface area contributed by atoms with E-state index in [0.29, 0.717) is 49.8 Å². The summed E-state index contributed by atoms with van der Waals surface area (Å²) in [6.45, 7) is 1.62. The Bertz CT molecular complexity index is 1210. The third-order valence-corrected chi connectivity index (χ3v) is 6.28. The summed E-state index contributed by atoms with van der Waals surface area (Å²) in [5, 5.41) is 4.95. The second kappa shape index (κ2) is 11.1. The minimum Gasteiger partial charge on any atom is -0.493 e. The van der Waals surface area contributed by atoms with Crippen molar-refractivity contribution in [1.82, 2.24) is 9.80 Å². The molecular weight excluding hydrogens is 446 g/mol. The lowest BCUT2D eigenvalue weighted by Gasteiger charge is -2.32. The molecule has 0 spiro atoms. The van der Waals surface area contributed by atoms with Crippen molar-refractivity contribution in [3.05, 3.63) is 65.7 Å². The van der Waals surface area contributed by atoms with Gasteiger partial charge in [-0.1, -0.05) is 36.4 Å². The number of nitrogens with zero attached hydrogens (tertiary/aromatic N) is 2. The monoisotopic (exact) mass is 477 g/mol. The van der Waals surface area contributed by atoms with Crippen LogP contribution in [0.15, 0.2) is 54.6 Å². The Hall–Kier alpha value is -3.78. The summed E-state index contributed by atoms with van der Waals surface area (Å²) >= 11 is 0. The molecule has 0 radical (unpaired) electrons. The maximum absolute atomic E-state index is 13.2. The number of fused-ring (bicyclic) bond motifs is 2. The maximum atomic E-state index is 13.2. The van der Waals surface area contributed by atoms with Gasteiger partial charge in [0.05, 0.1) is 26.5 Å². The van der Waals surface area contributed by atoms with Crippen LogP contribution >= 0.6 is 0 Å². The third-order valence-electron chi connectivity index (χ3n) is 6.28. The van der Waals surface area contributed by atoms with E-state index in [9.17, 15) is 9.59 Å². The molecule has 3 aromatic carbocycles. The van der Waals surface area contributed by atoms with Crippen LogP contribution in [0.4, 0.5) is 10.5 Å². The number of amides is 3. The number of carbonyl (C=O) groups excluding carboxylic acids is 2. The van der Waals surface area contributed by atoms with Crippen molar-refractivity contribution in [3.63, 3.8) is 0 Å². The van der Waals surface area contributed by atoms with Gasteiger partial charge in [0.15, 0.2) is 11.5 Å². The summed E-state index contributed by atoms with van der Waals surface area (Å²) in [7, 11) is 4.78. The van der Waals surface area contributed by atoms with Gasteiger partial charge < -0.3 is 29.3 Å². The zero-order chi connectivity index (χ0) is 24.8. The van der Waals surface area contributed by atoms with Crippen molar-refractivity contribution in [2.75, 3.05) is 52.9 Å². The first-order chi connectivity index (χ1) is 17.0. The number of methoxy groups -OCH3 is 3. The molecule has 0 fully saturated rings. The first-order valence-electron chi connectivity index (χ1n) is 11.6. The summed E-state index contributed by atoms with van der Waals surface area (Å²) in [6, 6.07) is 17.2. The zero-order valence-electron chi connectivity index (χ0n) is 20.4. The van der Waals surface area contributed by atoms with Crippen LogP contribution in [0.3, 0.4) is 0 Å². The highest BCUT2D eigenvalue weighted by Crippen LogP contribution is 2.33. The predicted octanol–water partition coefficient (Wildman–Crippen LogP) is 3.92. The molecule has 0 saturated carbocycles. The predicted molar refractivity (Wildman–Crippen MR) is 135 cm³/mol. The van der Waals surface area contributed by atoms with Gasteiger partial charge >= 0.3 is 6.03 Å². The minimum absolute atomic E-state index is 0.0391. The summed E-state index contributed by atoms with van der Waals surface area (Å²) in [5.41, 5.74) is 2.86. The highest BCUT2D eigenvalue weighted by atomic mass is 16.5. The number of nitrogens with one attached hydrogen (secondary N) is 1. The highest BCUT2D eigenvalue weighted by Gasteiger charge is 2.26. The Kier molecular flexibility index (Phi) is 7.72. The van der Waals surface area contributed by atoms with Gasteiger partial charge in [-0.15, -0.1) is 0 Å². The Labute approximate surface area is 205 Å². The lowest BCUT2D eigenvalue weighted by Crippen LogP contribution is -2.46. The normalized spacial score (nSPS) is 12.7. The van der Waals surface area contributed by atoms with E-state index in [1.165, 1.54) is 4.90 Å². The third kappa shape index (κ3) is 5.49. The van der Waals surface area contributed by atoms with Crippen LogP contribution in [-0.2, 0) is 22.5 Å². The van der Waals surface area contributed by atoms with Crippen molar-refractivity contribution >= 4 is 28.4 Å². The van der Waals surface area contributed by atoms with Gasteiger partial charge in [0.2, 0.25) is 5.91 Å². The van der Waals surface area contributed by atoms with Crippen molar-refractivity contribution < 1.29 is 23.8 Å². The standard InChI is InChI=1S/C27H31N3O5/c1-33-14-13-30(27(32)28-23-10-6-8-19-7-4-5-9-22(19)23)18-26(31)29-12-11-20-15-24(34-2)25(35-3)16-21(20)17-29/h4-10,15-16H,11-14,17-18H2,1-3H3,(H,28,32). The summed E-state index contributed by atoms with van der Waals surface area (Å²) in [5.74, 6) is 1.20. The molecule has 35 heavy (non-hydrogen) atoms. The van der Waals surface area contributed by atoms with Crippen LogP contribution in [0.1, 0.15) is 11.1 Å². The molecule has 0 aliphatic carbocycles. The Morgan fingerprint density at radius 2 is 1.69 bits per heavy atom. The van der Waals surface area contributed by atoms with E-state index in [2.05, 4.69) is 5.32 Å². The number of benzene rings is 3. The van der Waals surface area contributed by atoms with Gasteiger partial charge in [-0.25, -0.2) is 4.79 Å². The van der Waals surface area contributed by atoms with E-state index < -0.39 is 0 Å². The van der Waals surface area contributed by atoms with Crippen molar-refractivity contribution in [3.8, 4) is 11.5 Å². The van der Waals surface area contributed by atoms with Gasteiger partial charge in [0.1, 0.15) is 6.54 Å². The van der Waals surface area contributed by atoms with Crippen LogP contribution in [0.2, 0.25) is 0 Å². The molecule has 1 aliphatic heterocycles. The lowest BCUT2D eigenvalue weighted by atomic mass is 9.98. The van der Waals surface area contributed by atoms with Crippen LogP contribution < -0.4 is 14.8 Å².